The summed E-state index contributed by atoms with van der Waals surface area (Å²) in [6.45, 7) is 2.78. The van der Waals surface area contributed by atoms with Gasteiger partial charge in [0.2, 0.25) is 5.88 Å². The van der Waals surface area contributed by atoms with Gasteiger partial charge in [0, 0.05) is 6.54 Å². The molecule has 1 N–H and O–H groups in total. The minimum absolute atomic E-state index is 0.125. The fourth-order valence-corrected chi connectivity index (χ4v) is 1.43. The second kappa shape index (κ2) is 5.69. The standard InChI is InChI=1S/C10H10Cl2N2O/c1-3-5-15-10-8(12)6-7(11)9(14-10)13-4-2/h1,6H,4-5H2,2H3,(H,13,14). The number of aromatic nitrogens is 1. The molecule has 15 heavy (non-hydrogen) atoms. The summed E-state index contributed by atoms with van der Waals surface area (Å²) in [7, 11) is 0. The minimum Gasteiger partial charge on any atom is -0.463 e. The number of rotatable bonds is 4. The van der Waals surface area contributed by atoms with Crippen LogP contribution in [0.5, 0.6) is 5.88 Å². The summed E-state index contributed by atoms with van der Waals surface area (Å²) in [4.78, 5) is 4.11. The predicted octanol–water partition coefficient (Wildman–Crippen LogP) is 2.83. The molecule has 0 radical (unpaired) electrons. The van der Waals surface area contributed by atoms with Gasteiger partial charge in [0.15, 0.2) is 6.61 Å². The van der Waals surface area contributed by atoms with Crippen LogP contribution < -0.4 is 10.1 Å². The van der Waals surface area contributed by atoms with Crippen molar-refractivity contribution in [2.45, 2.75) is 6.92 Å². The second-order valence-corrected chi connectivity index (χ2v) is 3.44. The molecule has 0 aliphatic rings. The molecule has 1 rings (SSSR count). The van der Waals surface area contributed by atoms with Crippen LogP contribution in [0.2, 0.25) is 10.0 Å². The Hall–Kier alpha value is -1.11. The molecule has 80 valence electrons. The van der Waals surface area contributed by atoms with Crippen molar-refractivity contribution in [3.63, 3.8) is 0 Å². The lowest BCUT2D eigenvalue weighted by Gasteiger charge is -2.09. The van der Waals surface area contributed by atoms with E-state index in [9.17, 15) is 0 Å². The average molecular weight is 245 g/mol. The highest BCUT2D eigenvalue weighted by Gasteiger charge is 2.09. The number of hydrogen-bond acceptors (Lipinski definition) is 3. The van der Waals surface area contributed by atoms with Gasteiger partial charge < -0.3 is 10.1 Å². The van der Waals surface area contributed by atoms with E-state index in [-0.39, 0.29) is 12.5 Å². The third kappa shape index (κ3) is 3.19. The first-order valence-corrected chi connectivity index (χ1v) is 5.10. The van der Waals surface area contributed by atoms with Gasteiger partial charge in [-0.2, -0.15) is 4.98 Å². The summed E-state index contributed by atoms with van der Waals surface area (Å²) in [6, 6.07) is 1.57. The van der Waals surface area contributed by atoms with E-state index in [4.69, 9.17) is 34.4 Å². The molecule has 1 aromatic heterocycles. The lowest BCUT2D eigenvalue weighted by molar-refractivity contribution is 0.356. The first kappa shape index (κ1) is 12.0. The maximum absolute atomic E-state index is 5.91. The number of nitrogens with one attached hydrogen (secondary N) is 1. The van der Waals surface area contributed by atoms with Crippen LogP contribution in [0.25, 0.3) is 0 Å². The molecule has 0 aromatic carbocycles. The Morgan fingerprint density at radius 2 is 2.27 bits per heavy atom. The SMILES string of the molecule is C#CCOc1nc(NCC)c(Cl)cc1Cl. The van der Waals surface area contributed by atoms with Crippen molar-refractivity contribution in [2.24, 2.45) is 0 Å². The van der Waals surface area contributed by atoms with Gasteiger partial charge in [-0.3, -0.25) is 0 Å². The summed E-state index contributed by atoms with van der Waals surface area (Å²) in [5.74, 6) is 3.16. The third-order valence-electron chi connectivity index (χ3n) is 1.53. The van der Waals surface area contributed by atoms with Crippen molar-refractivity contribution in [1.29, 1.82) is 0 Å². The van der Waals surface area contributed by atoms with E-state index < -0.39 is 0 Å². The fourth-order valence-electron chi connectivity index (χ4n) is 0.952. The zero-order valence-electron chi connectivity index (χ0n) is 8.18. The Morgan fingerprint density at radius 3 is 2.87 bits per heavy atom. The predicted molar refractivity (Wildman–Crippen MR) is 62.7 cm³/mol. The number of pyridine rings is 1. The molecule has 0 atom stereocenters. The molecular formula is C10H10Cl2N2O. The van der Waals surface area contributed by atoms with Gasteiger partial charge in [-0.15, -0.1) is 6.42 Å². The van der Waals surface area contributed by atoms with Crippen molar-refractivity contribution < 1.29 is 4.74 Å². The van der Waals surface area contributed by atoms with Crippen molar-refractivity contribution in [1.82, 2.24) is 4.98 Å². The van der Waals surface area contributed by atoms with Gasteiger partial charge in [0.25, 0.3) is 0 Å². The van der Waals surface area contributed by atoms with Gasteiger partial charge in [-0.05, 0) is 13.0 Å². The van der Waals surface area contributed by atoms with Crippen LogP contribution in [-0.2, 0) is 0 Å². The van der Waals surface area contributed by atoms with Crippen molar-refractivity contribution in [3.05, 3.63) is 16.1 Å². The van der Waals surface area contributed by atoms with Crippen LogP contribution in [0, 0.1) is 12.3 Å². The summed E-state index contributed by atoms with van der Waals surface area (Å²) >= 11 is 11.8. The summed E-state index contributed by atoms with van der Waals surface area (Å²) in [6.07, 6.45) is 5.07. The lowest BCUT2D eigenvalue weighted by Crippen LogP contribution is -2.03. The molecule has 0 aliphatic heterocycles. The van der Waals surface area contributed by atoms with Crippen molar-refractivity contribution in [3.8, 4) is 18.2 Å². The third-order valence-corrected chi connectivity index (χ3v) is 2.09. The summed E-state index contributed by atoms with van der Waals surface area (Å²) in [5, 5.41) is 3.78. The topological polar surface area (TPSA) is 34.1 Å². The Morgan fingerprint density at radius 1 is 1.53 bits per heavy atom. The van der Waals surface area contributed by atoms with Gasteiger partial charge in [-0.25, -0.2) is 0 Å². The van der Waals surface area contributed by atoms with E-state index in [0.29, 0.717) is 22.4 Å². The molecule has 0 saturated heterocycles. The molecule has 0 bridgehead atoms. The Labute approximate surface area is 98.7 Å². The van der Waals surface area contributed by atoms with Gasteiger partial charge in [0.05, 0.1) is 5.02 Å². The lowest BCUT2D eigenvalue weighted by atomic mass is 10.4. The van der Waals surface area contributed by atoms with E-state index in [0.717, 1.165) is 0 Å². The number of halogens is 2. The quantitative estimate of drug-likeness (QED) is 0.828. The summed E-state index contributed by atoms with van der Waals surface area (Å²) < 4.78 is 5.15. The van der Waals surface area contributed by atoms with Crippen LogP contribution in [-0.4, -0.2) is 18.1 Å². The number of terminal acetylenes is 1. The molecule has 0 saturated carbocycles. The number of anilines is 1. The maximum Gasteiger partial charge on any atom is 0.235 e. The Kier molecular flexibility index (Phi) is 4.54. The molecule has 3 nitrogen and oxygen atoms in total. The van der Waals surface area contributed by atoms with Crippen LogP contribution in [0.15, 0.2) is 6.07 Å². The van der Waals surface area contributed by atoms with Crippen LogP contribution in [0.1, 0.15) is 6.92 Å². The Balaban J connectivity index is 2.96. The number of hydrogen-bond donors (Lipinski definition) is 1. The molecular weight excluding hydrogens is 235 g/mol. The zero-order chi connectivity index (χ0) is 11.3. The van der Waals surface area contributed by atoms with Crippen molar-refractivity contribution in [2.75, 3.05) is 18.5 Å². The van der Waals surface area contributed by atoms with E-state index >= 15 is 0 Å². The van der Waals surface area contributed by atoms with Gasteiger partial charge in [0.1, 0.15) is 10.8 Å². The molecule has 0 unspecified atom stereocenters. The van der Waals surface area contributed by atoms with E-state index in [1.807, 2.05) is 6.92 Å². The number of ether oxygens (including phenoxy) is 1. The molecule has 5 heteroatoms. The van der Waals surface area contributed by atoms with Crippen LogP contribution in [0.4, 0.5) is 5.82 Å². The zero-order valence-corrected chi connectivity index (χ0v) is 9.69. The normalized spacial score (nSPS) is 9.47. The second-order valence-electron chi connectivity index (χ2n) is 2.63. The first-order chi connectivity index (χ1) is 7.19. The highest BCUT2D eigenvalue weighted by molar-refractivity contribution is 6.36. The molecule has 0 spiro atoms. The highest BCUT2D eigenvalue weighted by atomic mass is 35.5. The van der Waals surface area contributed by atoms with Gasteiger partial charge in [-0.1, -0.05) is 29.1 Å². The minimum atomic E-state index is 0.125. The van der Waals surface area contributed by atoms with Crippen LogP contribution in [0.3, 0.4) is 0 Å². The van der Waals surface area contributed by atoms with E-state index in [2.05, 4.69) is 16.2 Å². The van der Waals surface area contributed by atoms with Crippen LogP contribution >= 0.6 is 23.2 Å². The van der Waals surface area contributed by atoms with E-state index in [1.54, 1.807) is 6.07 Å². The van der Waals surface area contributed by atoms with E-state index in [1.165, 1.54) is 0 Å². The smallest absolute Gasteiger partial charge is 0.235 e. The fraction of sp³-hybridized carbons (Fsp3) is 0.300. The first-order valence-electron chi connectivity index (χ1n) is 4.35. The maximum atomic E-state index is 5.91. The van der Waals surface area contributed by atoms with Crippen molar-refractivity contribution >= 4 is 29.0 Å². The molecule has 0 amide bonds. The molecule has 1 aromatic rings. The highest BCUT2D eigenvalue weighted by Crippen LogP contribution is 2.30. The molecule has 0 aliphatic carbocycles. The Bertz CT molecular complexity index is 388. The largest absolute Gasteiger partial charge is 0.463 e. The molecule has 1 heterocycles. The average Bonchev–Trinajstić information content (AvgIpc) is 2.20. The summed E-state index contributed by atoms with van der Waals surface area (Å²) in [5.41, 5.74) is 0. The monoisotopic (exact) mass is 244 g/mol. The number of nitrogens with zero attached hydrogens (tertiary/aromatic N) is 1. The van der Waals surface area contributed by atoms with Gasteiger partial charge >= 0.3 is 0 Å². The molecule has 0 fully saturated rings.